The molecule has 2 amide bonds. The standard InChI is InChI=1S/C32H31Cl2N3O4S/c1-2-35-32(39)30(18-24-12-6-3-7-13-24)36(22-25-14-8-4-9-15-25)31(38)23-37(28-20-26(33)19-27(34)21-28)42(40,41)29-16-10-5-11-17-29/h3-17,19-21,30H,2,18,22-23H2,1H3,(H,35,39)/t30-/m0/s1. The molecule has 0 bridgehead atoms. The Morgan fingerprint density at radius 2 is 1.31 bits per heavy atom. The summed E-state index contributed by atoms with van der Waals surface area (Å²) in [6.07, 6.45) is 0.236. The second kappa shape index (κ2) is 14.4. The van der Waals surface area contributed by atoms with Crippen LogP contribution in [0.15, 0.2) is 114 Å². The summed E-state index contributed by atoms with van der Waals surface area (Å²) in [5.41, 5.74) is 1.77. The predicted molar refractivity (Wildman–Crippen MR) is 167 cm³/mol. The first-order chi connectivity index (χ1) is 20.2. The molecule has 0 fully saturated rings. The van der Waals surface area contributed by atoms with Crippen LogP contribution in [0.2, 0.25) is 10.0 Å². The van der Waals surface area contributed by atoms with Gasteiger partial charge in [0.2, 0.25) is 11.8 Å². The van der Waals surface area contributed by atoms with Gasteiger partial charge < -0.3 is 10.2 Å². The molecule has 1 atom stereocenters. The molecule has 218 valence electrons. The number of halogens is 2. The van der Waals surface area contributed by atoms with Crippen molar-refractivity contribution < 1.29 is 18.0 Å². The molecule has 4 rings (SSSR count). The molecule has 0 aromatic heterocycles. The van der Waals surface area contributed by atoms with Crippen molar-refractivity contribution in [1.29, 1.82) is 0 Å². The van der Waals surface area contributed by atoms with Crippen molar-refractivity contribution in [3.8, 4) is 0 Å². The van der Waals surface area contributed by atoms with Gasteiger partial charge in [0.25, 0.3) is 10.0 Å². The van der Waals surface area contributed by atoms with Crippen LogP contribution in [0.25, 0.3) is 0 Å². The molecular formula is C32H31Cl2N3O4S. The predicted octanol–water partition coefficient (Wildman–Crippen LogP) is 5.96. The van der Waals surface area contributed by atoms with Gasteiger partial charge in [-0.3, -0.25) is 13.9 Å². The first kappa shape index (κ1) is 31.1. The number of hydrogen-bond acceptors (Lipinski definition) is 4. The number of nitrogens with one attached hydrogen (secondary N) is 1. The van der Waals surface area contributed by atoms with E-state index in [2.05, 4.69) is 5.32 Å². The minimum absolute atomic E-state index is 0.00642. The van der Waals surface area contributed by atoms with E-state index in [0.717, 1.165) is 15.4 Å². The molecule has 0 saturated carbocycles. The normalized spacial score (nSPS) is 11.9. The zero-order valence-electron chi connectivity index (χ0n) is 23.0. The molecule has 0 aliphatic carbocycles. The highest BCUT2D eigenvalue weighted by Gasteiger charge is 2.34. The molecule has 0 aliphatic heterocycles. The highest BCUT2D eigenvalue weighted by molar-refractivity contribution is 7.92. The Kier molecular flexibility index (Phi) is 10.6. The van der Waals surface area contributed by atoms with Crippen molar-refractivity contribution >= 4 is 50.7 Å². The quantitative estimate of drug-likeness (QED) is 0.211. The van der Waals surface area contributed by atoms with E-state index in [-0.39, 0.29) is 39.5 Å². The van der Waals surface area contributed by atoms with Crippen molar-refractivity contribution in [3.63, 3.8) is 0 Å². The Bertz CT molecular complexity index is 1580. The highest BCUT2D eigenvalue weighted by Crippen LogP contribution is 2.30. The first-order valence-corrected chi connectivity index (χ1v) is 15.6. The summed E-state index contributed by atoms with van der Waals surface area (Å²) >= 11 is 12.5. The van der Waals surface area contributed by atoms with E-state index < -0.39 is 28.5 Å². The molecule has 4 aromatic carbocycles. The van der Waals surface area contributed by atoms with E-state index in [0.29, 0.717) is 6.54 Å². The smallest absolute Gasteiger partial charge is 0.264 e. The number of nitrogens with zero attached hydrogens (tertiary/aromatic N) is 2. The zero-order valence-corrected chi connectivity index (χ0v) is 25.3. The highest BCUT2D eigenvalue weighted by atomic mass is 35.5. The number of sulfonamides is 1. The number of carbonyl (C=O) groups is 2. The third kappa shape index (κ3) is 7.91. The Balaban J connectivity index is 1.80. The molecule has 42 heavy (non-hydrogen) atoms. The third-order valence-corrected chi connectivity index (χ3v) is 8.79. The lowest BCUT2D eigenvalue weighted by Gasteiger charge is -2.34. The molecule has 0 radical (unpaired) electrons. The van der Waals surface area contributed by atoms with Gasteiger partial charge >= 0.3 is 0 Å². The van der Waals surface area contributed by atoms with Gasteiger partial charge in [0.15, 0.2) is 0 Å². The number of amides is 2. The Hall–Kier alpha value is -3.85. The largest absolute Gasteiger partial charge is 0.355 e. The van der Waals surface area contributed by atoms with E-state index in [1.165, 1.54) is 35.2 Å². The van der Waals surface area contributed by atoms with Crippen LogP contribution in [-0.4, -0.2) is 44.3 Å². The Labute approximate surface area is 256 Å². The maximum absolute atomic E-state index is 14.3. The molecule has 0 heterocycles. The molecule has 0 unspecified atom stereocenters. The average molecular weight is 625 g/mol. The van der Waals surface area contributed by atoms with Crippen LogP contribution in [0.4, 0.5) is 5.69 Å². The number of likely N-dealkylation sites (N-methyl/N-ethyl adjacent to an activating group) is 1. The topological polar surface area (TPSA) is 86.8 Å². The molecule has 7 nitrogen and oxygen atoms in total. The number of carbonyl (C=O) groups excluding carboxylic acids is 2. The molecule has 0 aliphatic rings. The molecule has 0 spiro atoms. The van der Waals surface area contributed by atoms with Gasteiger partial charge in [0.1, 0.15) is 12.6 Å². The molecule has 0 saturated heterocycles. The monoisotopic (exact) mass is 623 g/mol. The fourth-order valence-electron chi connectivity index (χ4n) is 4.56. The fraction of sp³-hybridized carbons (Fsp3) is 0.188. The Morgan fingerprint density at radius 3 is 1.86 bits per heavy atom. The number of rotatable bonds is 12. The van der Waals surface area contributed by atoms with Crippen LogP contribution in [0.5, 0.6) is 0 Å². The van der Waals surface area contributed by atoms with Gasteiger partial charge in [-0.25, -0.2) is 8.42 Å². The first-order valence-electron chi connectivity index (χ1n) is 13.4. The van der Waals surface area contributed by atoms with Crippen LogP contribution < -0.4 is 9.62 Å². The van der Waals surface area contributed by atoms with Crippen LogP contribution in [-0.2, 0) is 32.6 Å². The molecule has 1 N–H and O–H groups in total. The van der Waals surface area contributed by atoms with Crippen LogP contribution in [0.1, 0.15) is 18.1 Å². The van der Waals surface area contributed by atoms with Gasteiger partial charge in [-0.05, 0) is 48.4 Å². The third-order valence-electron chi connectivity index (χ3n) is 6.56. The lowest BCUT2D eigenvalue weighted by atomic mass is 10.0. The molecular weight excluding hydrogens is 593 g/mol. The van der Waals surface area contributed by atoms with E-state index in [1.807, 2.05) is 60.7 Å². The van der Waals surface area contributed by atoms with E-state index in [9.17, 15) is 18.0 Å². The lowest BCUT2D eigenvalue weighted by Crippen LogP contribution is -2.53. The van der Waals surface area contributed by atoms with Gasteiger partial charge in [0, 0.05) is 29.6 Å². The summed E-state index contributed by atoms with van der Waals surface area (Å²) in [7, 11) is -4.24. The molecule has 4 aromatic rings. The number of benzene rings is 4. The number of hydrogen-bond donors (Lipinski definition) is 1. The second-order valence-corrected chi connectivity index (χ2v) is 12.3. The SMILES string of the molecule is CCNC(=O)[C@H](Cc1ccccc1)N(Cc1ccccc1)C(=O)CN(c1cc(Cl)cc(Cl)c1)S(=O)(=O)c1ccccc1. The summed E-state index contributed by atoms with van der Waals surface area (Å²) in [6.45, 7) is 1.67. The summed E-state index contributed by atoms with van der Waals surface area (Å²) in [6, 6.07) is 29.9. The van der Waals surface area contributed by atoms with Crippen LogP contribution in [0, 0.1) is 0 Å². The number of anilines is 1. The van der Waals surface area contributed by atoms with Gasteiger partial charge in [-0.15, -0.1) is 0 Å². The van der Waals surface area contributed by atoms with Crippen LogP contribution in [0.3, 0.4) is 0 Å². The van der Waals surface area contributed by atoms with E-state index >= 15 is 0 Å². The summed E-state index contributed by atoms with van der Waals surface area (Å²) in [5, 5.41) is 3.27. The summed E-state index contributed by atoms with van der Waals surface area (Å²) in [5.74, 6) is -0.907. The Morgan fingerprint density at radius 1 is 0.786 bits per heavy atom. The van der Waals surface area contributed by atoms with E-state index in [1.54, 1.807) is 25.1 Å². The van der Waals surface area contributed by atoms with Crippen molar-refractivity contribution in [1.82, 2.24) is 10.2 Å². The fourth-order valence-corrected chi connectivity index (χ4v) is 6.49. The van der Waals surface area contributed by atoms with Gasteiger partial charge in [-0.2, -0.15) is 0 Å². The minimum atomic E-state index is -4.24. The minimum Gasteiger partial charge on any atom is -0.355 e. The summed E-state index contributed by atoms with van der Waals surface area (Å²) < 4.78 is 28.9. The summed E-state index contributed by atoms with van der Waals surface area (Å²) in [4.78, 5) is 29.2. The molecule has 10 heteroatoms. The maximum Gasteiger partial charge on any atom is 0.264 e. The zero-order chi connectivity index (χ0) is 30.1. The van der Waals surface area contributed by atoms with Crippen molar-refractivity contribution in [2.75, 3.05) is 17.4 Å². The van der Waals surface area contributed by atoms with Gasteiger partial charge in [-0.1, -0.05) is 102 Å². The second-order valence-electron chi connectivity index (χ2n) is 9.56. The van der Waals surface area contributed by atoms with Crippen molar-refractivity contribution in [3.05, 3.63) is 130 Å². The lowest BCUT2D eigenvalue weighted by molar-refractivity contribution is -0.140. The van der Waals surface area contributed by atoms with Crippen molar-refractivity contribution in [2.24, 2.45) is 0 Å². The van der Waals surface area contributed by atoms with Crippen molar-refractivity contribution in [2.45, 2.75) is 30.8 Å². The average Bonchev–Trinajstić information content (AvgIpc) is 2.98. The van der Waals surface area contributed by atoms with E-state index in [4.69, 9.17) is 23.2 Å². The maximum atomic E-state index is 14.3. The van der Waals surface area contributed by atoms with Crippen LogP contribution >= 0.6 is 23.2 Å². The van der Waals surface area contributed by atoms with Gasteiger partial charge in [0.05, 0.1) is 10.6 Å².